The molecule has 0 radical (unpaired) electrons. The molecule has 2 heterocycles. The number of rotatable bonds is 5. The zero-order valence-electron chi connectivity index (χ0n) is 13.6. The van der Waals surface area contributed by atoms with E-state index >= 15 is 0 Å². The van der Waals surface area contributed by atoms with Crippen molar-refractivity contribution in [3.8, 4) is 0 Å². The first kappa shape index (κ1) is 15.7. The second-order valence-electron chi connectivity index (χ2n) is 7.55. The van der Waals surface area contributed by atoms with Crippen molar-refractivity contribution in [3.63, 3.8) is 0 Å². The SMILES string of the molecule is CC(C)SCCN1CCCC2(CCC(=O)N(C3CC3)C2)C1. The van der Waals surface area contributed by atoms with Gasteiger partial charge in [-0.25, -0.2) is 0 Å². The van der Waals surface area contributed by atoms with E-state index in [0.29, 0.717) is 17.4 Å². The Kier molecular flexibility index (Phi) is 4.84. The average molecular weight is 311 g/mol. The second-order valence-corrected chi connectivity index (χ2v) is 9.24. The Balaban J connectivity index is 1.55. The zero-order chi connectivity index (χ0) is 14.9. The van der Waals surface area contributed by atoms with E-state index in [4.69, 9.17) is 0 Å². The van der Waals surface area contributed by atoms with Gasteiger partial charge >= 0.3 is 0 Å². The van der Waals surface area contributed by atoms with Gasteiger partial charge in [-0.05, 0) is 43.9 Å². The lowest BCUT2D eigenvalue weighted by Gasteiger charge is -2.48. The summed E-state index contributed by atoms with van der Waals surface area (Å²) < 4.78 is 0. The maximum Gasteiger partial charge on any atom is 0.222 e. The van der Waals surface area contributed by atoms with Gasteiger partial charge in [0, 0.05) is 43.3 Å². The lowest BCUT2D eigenvalue weighted by Crippen LogP contribution is -2.54. The third-order valence-electron chi connectivity index (χ3n) is 5.28. The molecule has 2 saturated heterocycles. The highest BCUT2D eigenvalue weighted by atomic mass is 32.2. The molecule has 4 heteroatoms. The van der Waals surface area contributed by atoms with Crippen LogP contribution in [0.5, 0.6) is 0 Å². The zero-order valence-corrected chi connectivity index (χ0v) is 14.5. The van der Waals surface area contributed by atoms with Crippen molar-refractivity contribution >= 4 is 17.7 Å². The highest BCUT2D eigenvalue weighted by Crippen LogP contribution is 2.42. The Morgan fingerprint density at radius 3 is 2.81 bits per heavy atom. The summed E-state index contributed by atoms with van der Waals surface area (Å²) in [5, 5.41) is 0.737. The van der Waals surface area contributed by atoms with Gasteiger partial charge in [0.2, 0.25) is 5.91 Å². The molecular formula is C17H30N2OS. The normalized spacial score (nSPS) is 31.4. The fourth-order valence-corrected chi connectivity index (χ4v) is 4.85. The molecule has 3 rings (SSSR count). The van der Waals surface area contributed by atoms with E-state index in [1.807, 2.05) is 0 Å². The van der Waals surface area contributed by atoms with Crippen molar-refractivity contribution in [3.05, 3.63) is 0 Å². The van der Waals surface area contributed by atoms with Gasteiger partial charge in [0.25, 0.3) is 0 Å². The highest BCUT2D eigenvalue weighted by Gasteiger charge is 2.45. The summed E-state index contributed by atoms with van der Waals surface area (Å²) in [6, 6.07) is 0.599. The lowest BCUT2D eigenvalue weighted by atomic mass is 9.73. The molecule has 3 nitrogen and oxygen atoms in total. The van der Waals surface area contributed by atoms with Crippen molar-refractivity contribution in [1.29, 1.82) is 0 Å². The van der Waals surface area contributed by atoms with E-state index in [-0.39, 0.29) is 0 Å². The molecule has 21 heavy (non-hydrogen) atoms. The first-order chi connectivity index (χ1) is 10.1. The number of amides is 1. The van der Waals surface area contributed by atoms with Crippen LogP contribution in [0.2, 0.25) is 0 Å². The molecule has 0 aromatic heterocycles. The molecule has 1 atom stereocenters. The fourth-order valence-electron chi connectivity index (χ4n) is 4.01. The molecule has 0 aromatic rings. The minimum absolute atomic E-state index is 0.414. The minimum atomic E-state index is 0.414. The van der Waals surface area contributed by atoms with Crippen molar-refractivity contribution in [2.24, 2.45) is 5.41 Å². The van der Waals surface area contributed by atoms with E-state index < -0.39 is 0 Å². The number of nitrogens with zero attached hydrogens (tertiary/aromatic N) is 2. The summed E-state index contributed by atoms with van der Waals surface area (Å²) in [5.74, 6) is 1.68. The Hall–Kier alpha value is -0.220. The highest BCUT2D eigenvalue weighted by molar-refractivity contribution is 7.99. The number of carbonyl (C=O) groups is 1. The monoisotopic (exact) mass is 310 g/mol. The minimum Gasteiger partial charge on any atom is -0.339 e. The Bertz CT molecular complexity index is 383. The van der Waals surface area contributed by atoms with E-state index in [0.717, 1.165) is 24.6 Å². The number of likely N-dealkylation sites (tertiary alicyclic amines) is 2. The van der Waals surface area contributed by atoms with Crippen LogP contribution in [0, 0.1) is 5.41 Å². The van der Waals surface area contributed by atoms with Gasteiger partial charge in [0.1, 0.15) is 0 Å². The maximum absolute atomic E-state index is 12.1. The fraction of sp³-hybridized carbons (Fsp3) is 0.941. The van der Waals surface area contributed by atoms with Gasteiger partial charge in [0.15, 0.2) is 0 Å². The average Bonchev–Trinajstić information content (AvgIpc) is 3.26. The summed E-state index contributed by atoms with van der Waals surface area (Å²) in [7, 11) is 0. The van der Waals surface area contributed by atoms with Crippen LogP contribution in [0.25, 0.3) is 0 Å². The molecule has 1 amide bonds. The first-order valence-corrected chi connectivity index (χ1v) is 9.76. The Morgan fingerprint density at radius 2 is 2.10 bits per heavy atom. The molecule has 1 spiro atoms. The molecule has 0 N–H and O–H groups in total. The number of hydrogen-bond donors (Lipinski definition) is 0. The smallest absolute Gasteiger partial charge is 0.222 e. The quantitative estimate of drug-likeness (QED) is 0.780. The van der Waals surface area contributed by atoms with Crippen molar-refractivity contribution in [2.45, 2.75) is 63.7 Å². The standard InChI is InChI=1S/C17H30N2OS/c1-14(2)21-11-10-18-9-3-7-17(12-18)8-6-16(20)19(13-17)15-4-5-15/h14-15H,3-13H2,1-2H3. The second kappa shape index (κ2) is 6.49. The van der Waals surface area contributed by atoms with Crippen LogP contribution in [0.1, 0.15) is 52.4 Å². The predicted octanol–water partition coefficient (Wildman–Crippen LogP) is 3.00. The molecule has 0 aromatic carbocycles. The van der Waals surface area contributed by atoms with Crippen molar-refractivity contribution in [1.82, 2.24) is 9.80 Å². The van der Waals surface area contributed by atoms with Crippen LogP contribution in [0.4, 0.5) is 0 Å². The molecule has 2 aliphatic heterocycles. The topological polar surface area (TPSA) is 23.6 Å². The third-order valence-corrected chi connectivity index (χ3v) is 6.37. The van der Waals surface area contributed by atoms with Gasteiger partial charge in [-0.2, -0.15) is 11.8 Å². The number of thioether (sulfide) groups is 1. The van der Waals surface area contributed by atoms with Crippen LogP contribution in [0.15, 0.2) is 0 Å². The van der Waals surface area contributed by atoms with Gasteiger partial charge in [-0.15, -0.1) is 0 Å². The number of piperidine rings is 2. The van der Waals surface area contributed by atoms with Gasteiger partial charge in [-0.1, -0.05) is 13.8 Å². The molecule has 3 aliphatic rings. The molecule has 3 fully saturated rings. The number of carbonyl (C=O) groups excluding carboxylic acids is 1. The van der Waals surface area contributed by atoms with Crippen molar-refractivity contribution in [2.75, 3.05) is 31.9 Å². The van der Waals surface area contributed by atoms with E-state index in [9.17, 15) is 4.79 Å². The molecular weight excluding hydrogens is 280 g/mol. The molecule has 1 aliphatic carbocycles. The van der Waals surface area contributed by atoms with E-state index in [2.05, 4.69) is 35.4 Å². The number of hydrogen-bond acceptors (Lipinski definition) is 3. The third kappa shape index (κ3) is 3.95. The van der Waals surface area contributed by atoms with Gasteiger partial charge in [0.05, 0.1) is 0 Å². The summed E-state index contributed by atoms with van der Waals surface area (Å²) in [6.45, 7) is 9.32. The summed E-state index contributed by atoms with van der Waals surface area (Å²) in [5.41, 5.74) is 0.414. The molecule has 1 unspecified atom stereocenters. The molecule has 1 saturated carbocycles. The van der Waals surface area contributed by atoms with Gasteiger partial charge in [-0.3, -0.25) is 4.79 Å². The van der Waals surface area contributed by atoms with Crippen LogP contribution in [-0.4, -0.2) is 58.9 Å². The van der Waals surface area contributed by atoms with E-state index in [1.54, 1.807) is 0 Å². The summed E-state index contributed by atoms with van der Waals surface area (Å²) >= 11 is 2.07. The summed E-state index contributed by atoms with van der Waals surface area (Å²) in [6.07, 6.45) is 7.07. The van der Waals surface area contributed by atoms with Crippen LogP contribution < -0.4 is 0 Å². The summed E-state index contributed by atoms with van der Waals surface area (Å²) in [4.78, 5) is 17.0. The van der Waals surface area contributed by atoms with Crippen LogP contribution >= 0.6 is 11.8 Å². The van der Waals surface area contributed by atoms with Crippen LogP contribution in [0.3, 0.4) is 0 Å². The van der Waals surface area contributed by atoms with E-state index in [1.165, 1.54) is 51.1 Å². The largest absolute Gasteiger partial charge is 0.339 e. The Labute approximate surface area is 133 Å². The lowest BCUT2D eigenvalue weighted by molar-refractivity contribution is -0.140. The van der Waals surface area contributed by atoms with Crippen LogP contribution in [-0.2, 0) is 4.79 Å². The maximum atomic E-state index is 12.1. The predicted molar refractivity (Wildman–Crippen MR) is 89.7 cm³/mol. The molecule has 0 bridgehead atoms. The van der Waals surface area contributed by atoms with Crippen molar-refractivity contribution < 1.29 is 4.79 Å². The van der Waals surface area contributed by atoms with Gasteiger partial charge < -0.3 is 9.80 Å². The molecule has 120 valence electrons. The Morgan fingerprint density at radius 1 is 1.29 bits per heavy atom. The first-order valence-electron chi connectivity index (χ1n) is 8.71.